The summed E-state index contributed by atoms with van der Waals surface area (Å²) < 4.78 is 6.26. The van der Waals surface area contributed by atoms with E-state index in [0.717, 1.165) is 50.0 Å². The number of ketones is 1. The molecule has 3 aromatic rings. The van der Waals surface area contributed by atoms with Crippen molar-refractivity contribution in [3.8, 4) is 5.75 Å². The molecular formula is C31H34O2. The second kappa shape index (κ2) is 12.2. The molecule has 33 heavy (non-hydrogen) atoms. The number of carbonyl (C=O) groups excluding carboxylic acids is 1. The minimum Gasteiger partial charge on any atom is -0.493 e. The maximum Gasteiger partial charge on any atom is 0.163 e. The number of ether oxygens (including phenoxy) is 1. The molecule has 170 valence electrons. The molecule has 0 saturated heterocycles. The molecule has 0 heterocycles. The summed E-state index contributed by atoms with van der Waals surface area (Å²) in [7, 11) is 0. The highest BCUT2D eigenvalue weighted by molar-refractivity contribution is 5.99. The Bertz CT molecular complexity index is 1050. The van der Waals surface area contributed by atoms with Gasteiger partial charge in [-0.15, -0.1) is 0 Å². The number of aryl methyl sites for hydroxylation is 1. The van der Waals surface area contributed by atoms with Crippen molar-refractivity contribution in [3.63, 3.8) is 0 Å². The van der Waals surface area contributed by atoms with E-state index in [0.29, 0.717) is 6.42 Å². The van der Waals surface area contributed by atoms with Crippen molar-refractivity contribution in [2.45, 2.75) is 57.8 Å². The van der Waals surface area contributed by atoms with Gasteiger partial charge in [-0.25, -0.2) is 0 Å². The van der Waals surface area contributed by atoms with Gasteiger partial charge in [0.2, 0.25) is 0 Å². The smallest absolute Gasteiger partial charge is 0.163 e. The lowest BCUT2D eigenvalue weighted by Gasteiger charge is -2.21. The molecule has 0 saturated carbocycles. The number of allylic oxidation sites excluding steroid dienone is 1. The molecule has 0 atom stereocenters. The monoisotopic (exact) mass is 438 g/mol. The lowest BCUT2D eigenvalue weighted by Crippen LogP contribution is -2.14. The van der Waals surface area contributed by atoms with Gasteiger partial charge in [0.05, 0.1) is 6.61 Å². The van der Waals surface area contributed by atoms with E-state index in [-0.39, 0.29) is 5.78 Å². The van der Waals surface area contributed by atoms with Crippen LogP contribution in [-0.4, -0.2) is 12.4 Å². The molecule has 2 heteroatoms. The van der Waals surface area contributed by atoms with Crippen molar-refractivity contribution in [1.82, 2.24) is 0 Å². The highest BCUT2D eigenvalue weighted by Gasteiger charge is 2.22. The Kier molecular flexibility index (Phi) is 8.52. The molecule has 4 rings (SSSR count). The first-order chi connectivity index (χ1) is 16.3. The highest BCUT2D eigenvalue weighted by atomic mass is 16.5. The number of rotatable bonds is 11. The third kappa shape index (κ3) is 6.68. The van der Waals surface area contributed by atoms with E-state index in [1.54, 1.807) is 0 Å². The first-order valence-corrected chi connectivity index (χ1v) is 12.4. The maximum absolute atomic E-state index is 12.4. The van der Waals surface area contributed by atoms with Crippen molar-refractivity contribution >= 4 is 11.9 Å². The van der Waals surface area contributed by atoms with Gasteiger partial charge in [-0.2, -0.15) is 0 Å². The van der Waals surface area contributed by atoms with Gasteiger partial charge in [0.25, 0.3) is 0 Å². The van der Waals surface area contributed by atoms with Gasteiger partial charge in [-0.1, -0.05) is 85.7 Å². The largest absolute Gasteiger partial charge is 0.493 e. The molecule has 0 aromatic heterocycles. The predicted molar refractivity (Wildman–Crippen MR) is 137 cm³/mol. The summed E-state index contributed by atoms with van der Waals surface area (Å²) in [6.07, 6.45) is 13.5. The fourth-order valence-corrected chi connectivity index (χ4v) is 4.63. The van der Waals surface area contributed by atoms with E-state index >= 15 is 0 Å². The SMILES string of the molecule is O=C1CCCc2c1ccc(OCCCCCCc1ccccc1)c2CC=Cc1ccccc1. The van der Waals surface area contributed by atoms with Gasteiger partial charge >= 0.3 is 0 Å². The lowest BCUT2D eigenvalue weighted by molar-refractivity contribution is 0.0972. The molecule has 0 radical (unpaired) electrons. The zero-order chi connectivity index (χ0) is 22.7. The predicted octanol–water partition coefficient (Wildman–Crippen LogP) is 7.64. The molecule has 0 spiro atoms. The summed E-state index contributed by atoms with van der Waals surface area (Å²) in [4.78, 5) is 12.4. The van der Waals surface area contributed by atoms with Crippen molar-refractivity contribution in [2.75, 3.05) is 6.61 Å². The van der Waals surface area contributed by atoms with Gasteiger partial charge in [0, 0.05) is 17.5 Å². The van der Waals surface area contributed by atoms with Crippen LogP contribution in [0.2, 0.25) is 0 Å². The van der Waals surface area contributed by atoms with Crippen LogP contribution < -0.4 is 4.74 Å². The summed E-state index contributed by atoms with van der Waals surface area (Å²) in [5.41, 5.74) is 5.90. The average Bonchev–Trinajstić information content (AvgIpc) is 2.86. The van der Waals surface area contributed by atoms with Crippen LogP contribution in [0.15, 0.2) is 78.9 Å². The Morgan fingerprint density at radius 1 is 0.788 bits per heavy atom. The highest BCUT2D eigenvalue weighted by Crippen LogP contribution is 2.32. The van der Waals surface area contributed by atoms with Gasteiger partial charge in [0.15, 0.2) is 5.78 Å². The normalized spacial score (nSPS) is 13.3. The Hall–Kier alpha value is -3.13. The van der Waals surface area contributed by atoms with Crippen LogP contribution in [0.4, 0.5) is 0 Å². The van der Waals surface area contributed by atoms with Gasteiger partial charge < -0.3 is 4.74 Å². The van der Waals surface area contributed by atoms with Crippen molar-refractivity contribution in [2.24, 2.45) is 0 Å². The molecule has 0 unspecified atom stereocenters. The van der Waals surface area contributed by atoms with Crippen LogP contribution in [0, 0.1) is 0 Å². The molecule has 0 N–H and O–H groups in total. The van der Waals surface area contributed by atoms with Crippen LogP contribution in [0.25, 0.3) is 6.08 Å². The summed E-state index contributed by atoms with van der Waals surface area (Å²) in [6.45, 7) is 0.730. The van der Waals surface area contributed by atoms with E-state index in [1.807, 2.05) is 18.2 Å². The average molecular weight is 439 g/mol. The lowest BCUT2D eigenvalue weighted by atomic mass is 9.86. The van der Waals surface area contributed by atoms with Crippen LogP contribution >= 0.6 is 0 Å². The molecule has 0 amide bonds. The second-order valence-corrected chi connectivity index (χ2v) is 8.86. The molecule has 3 aromatic carbocycles. The van der Waals surface area contributed by atoms with Crippen LogP contribution in [0.3, 0.4) is 0 Å². The number of fused-ring (bicyclic) bond motifs is 1. The third-order valence-corrected chi connectivity index (χ3v) is 6.41. The van der Waals surface area contributed by atoms with Gasteiger partial charge in [-0.05, 0) is 67.3 Å². The molecule has 0 bridgehead atoms. The molecule has 0 fully saturated rings. The first kappa shape index (κ1) is 23.0. The Morgan fingerprint density at radius 3 is 2.36 bits per heavy atom. The molecule has 2 nitrogen and oxygen atoms in total. The second-order valence-electron chi connectivity index (χ2n) is 8.86. The van der Waals surface area contributed by atoms with Crippen molar-refractivity contribution in [3.05, 3.63) is 107 Å². The van der Waals surface area contributed by atoms with E-state index in [9.17, 15) is 4.79 Å². The Labute approximate surface area is 198 Å². The minimum absolute atomic E-state index is 0.273. The van der Waals surface area contributed by atoms with E-state index in [2.05, 4.69) is 66.7 Å². The number of hydrogen-bond acceptors (Lipinski definition) is 2. The van der Waals surface area contributed by atoms with Gasteiger partial charge in [0.1, 0.15) is 5.75 Å². The first-order valence-electron chi connectivity index (χ1n) is 12.4. The summed E-state index contributed by atoms with van der Waals surface area (Å²) in [5.74, 6) is 1.22. The molecule has 1 aliphatic rings. The number of hydrogen-bond donors (Lipinski definition) is 0. The summed E-state index contributed by atoms with van der Waals surface area (Å²) in [6, 6.07) is 25.1. The minimum atomic E-state index is 0.273. The Morgan fingerprint density at radius 2 is 1.55 bits per heavy atom. The fourth-order valence-electron chi connectivity index (χ4n) is 4.63. The molecule has 1 aliphatic carbocycles. The maximum atomic E-state index is 12.4. The fraction of sp³-hybridized carbons (Fsp3) is 0.323. The number of carbonyl (C=O) groups is 1. The van der Waals surface area contributed by atoms with Crippen molar-refractivity contribution < 1.29 is 9.53 Å². The van der Waals surface area contributed by atoms with Crippen LogP contribution in [0.5, 0.6) is 5.75 Å². The summed E-state index contributed by atoms with van der Waals surface area (Å²) >= 11 is 0. The topological polar surface area (TPSA) is 26.3 Å². The van der Waals surface area contributed by atoms with Crippen LogP contribution in [-0.2, 0) is 19.3 Å². The Balaban J connectivity index is 1.33. The third-order valence-electron chi connectivity index (χ3n) is 6.41. The number of unbranched alkanes of at least 4 members (excludes halogenated alkanes) is 3. The van der Waals surface area contributed by atoms with Crippen LogP contribution in [0.1, 0.15) is 71.1 Å². The number of benzene rings is 3. The molecular weight excluding hydrogens is 404 g/mol. The quantitative estimate of drug-likeness (QED) is 0.287. The van der Waals surface area contributed by atoms with Crippen molar-refractivity contribution in [1.29, 1.82) is 0 Å². The van der Waals surface area contributed by atoms with E-state index in [1.165, 1.54) is 41.5 Å². The summed E-state index contributed by atoms with van der Waals surface area (Å²) in [5, 5.41) is 0. The number of Topliss-reactive ketones (excluding diaryl/α,β-unsaturated/α-hetero) is 1. The zero-order valence-corrected chi connectivity index (χ0v) is 19.5. The zero-order valence-electron chi connectivity index (χ0n) is 19.5. The standard InChI is InChI=1S/C31H34O2/c32-30-21-12-19-27-28(30)22-23-31(29(27)20-11-18-26-16-8-4-9-17-26)33-24-10-2-1-5-13-25-14-6-3-7-15-25/h3-4,6-9,11,14-18,22-23H,1-2,5,10,12-13,19-21,24H2. The van der Waals surface area contributed by atoms with Gasteiger partial charge in [-0.3, -0.25) is 4.79 Å². The van der Waals surface area contributed by atoms with E-state index < -0.39 is 0 Å². The van der Waals surface area contributed by atoms with E-state index in [4.69, 9.17) is 4.74 Å². The molecule has 0 aliphatic heterocycles.